The van der Waals surface area contributed by atoms with Crippen LogP contribution >= 0.6 is 11.6 Å². The Labute approximate surface area is 170 Å². The third-order valence-corrected chi connectivity index (χ3v) is 6.37. The lowest BCUT2D eigenvalue weighted by Crippen LogP contribution is -2.35. The predicted molar refractivity (Wildman–Crippen MR) is 108 cm³/mol. The maximum Gasteiger partial charge on any atom is 0.235 e. The van der Waals surface area contributed by atoms with E-state index in [1.807, 2.05) is 24.3 Å². The summed E-state index contributed by atoms with van der Waals surface area (Å²) in [4.78, 5) is 14.5. The molecule has 1 amide bonds. The van der Waals surface area contributed by atoms with E-state index in [1.54, 1.807) is 0 Å². The number of carbonyl (C=O) groups excluding carboxylic acids is 1. The van der Waals surface area contributed by atoms with Crippen molar-refractivity contribution < 1.29 is 17.9 Å². The number of amides is 1. The highest BCUT2D eigenvalue weighted by Crippen LogP contribution is 2.15. The van der Waals surface area contributed by atoms with Crippen molar-refractivity contribution in [2.45, 2.75) is 18.0 Å². The molecule has 0 aliphatic carbocycles. The highest BCUT2D eigenvalue weighted by atomic mass is 35.5. The van der Waals surface area contributed by atoms with Gasteiger partial charge in [0.2, 0.25) is 5.91 Å². The van der Waals surface area contributed by atoms with Gasteiger partial charge in [0, 0.05) is 31.2 Å². The molecule has 6 nitrogen and oxygen atoms in total. The summed E-state index contributed by atoms with van der Waals surface area (Å²) in [6, 6.07) is 13.7. The summed E-state index contributed by atoms with van der Waals surface area (Å²) >= 11 is 5.78. The second-order valence-corrected chi connectivity index (χ2v) is 9.12. The highest BCUT2D eigenvalue weighted by Gasteiger charge is 2.19. The lowest BCUT2D eigenvalue weighted by molar-refractivity contribution is -0.118. The van der Waals surface area contributed by atoms with E-state index in [4.69, 9.17) is 16.3 Å². The first-order chi connectivity index (χ1) is 13.4. The minimum atomic E-state index is -3.70. The van der Waals surface area contributed by atoms with Gasteiger partial charge in [-0.05, 0) is 35.4 Å². The van der Waals surface area contributed by atoms with Crippen molar-refractivity contribution in [2.24, 2.45) is 0 Å². The number of carbonyl (C=O) groups is 1. The molecule has 0 bridgehead atoms. The van der Waals surface area contributed by atoms with Crippen molar-refractivity contribution in [1.82, 2.24) is 10.2 Å². The molecule has 28 heavy (non-hydrogen) atoms. The molecule has 150 valence electrons. The van der Waals surface area contributed by atoms with Crippen LogP contribution in [-0.2, 0) is 32.5 Å². The van der Waals surface area contributed by atoms with Gasteiger partial charge in [0.05, 0.1) is 18.1 Å². The van der Waals surface area contributed by atoms with Crippen molar-refractivity contribution in [3.63, 3.8) is 0 Å². The van der Waals surface area contributed by atoms with Crippen LogP contribution < -0.4 is 5.32 Å². The highest BCUT2D eigenvalue weighted by molar-refractivity contribution is 7.92. The lowest BCUT2D eigenvalue weighted by atomic mass is 10.1. The molecule has 1 heterocycles. The number of hydrogen-bond acceptors (Lipinski definition) is 5. The van der Waals surface area contributed by atoms with Crippen molar-refractivity contribution >= 4 is 27.3 Å². The average molecular weight is 423 g/mol. The Kier molecular flexibility index (Phi) is 7.07. The summed E-state index contributed by atoms with van der Waals surface area (Å²) in [6.07, 6.45) is 0. The first-order valence-corrected chi connectivity index (χ1v) is 11.1. The van der Waals surface area contributed by atoms with Gasteiger partial charge in [0.1, 0.15) is 5.75 Å². The number of halogens is 1. The predicted octanol–water partition coefficient (Wildman–Crippen LogP) is 2.26. The molecule has 0 aromatic heterocycles. The van der Waals surface area contributed by atoms with Crippen molar-refractivity contribution in [3.05, 3.63) is 64.7 Å². The van der Waals surface area contributed by atoms with E-state index in [2.05, 4.69) is 10.2 Å². The van der Waals surface area contributed by atoms with Crippen LogP contribution in [-0.4, -0.2) is 51.3 Å². The molecule has 0 unspecified atom stereocenters. The van der Waals surface area contributed by atoms with Gasteiger partial charge in [-0.1, -0.05) is 35.9 Å². The molecule has 3 rings (SSSR count). The van der Waals surface area contributed by atoms with Crippen molar-refractivity contribution in [3.8, 4) is 0 Å². The van der Waals surface area contributed by atoms with Gasteiger partial charge < -0.3 is 10.1 Å². The Bertz CT molecular complexity index is 910. The molecule has 2 aromatic carbocycles. The standard InChI is InChI=1S/C20H23ClN2O4S/c21-18-4-6-19(7-5-18)28(25,26)15-20(24)22-13-16-2-1-3-17(12-16)14-23-8-10-27-11-9-23/h1-7,12H,8-11,13-15H2,(H,22,24). The summed E-state index contributed by atoms with van der Waals surface area (Å²) in [5.74, 6) is -1.13. The number of morpholine rings is 1. The first-order valence-electron chi connectivity index (χ1n) is 9.05. The third kappa shape index (κ3) is 6.04. The molecule has 0 atom stereocenters. The largest absolute Gasteiger partial charge is 0.379 e. The van der Waals surface area contributed by atoms with Gasteiger partial charge >= 0.3 is 0 Å². The van der Waals surface area contributed by atoms with E-state index in [0.717, 1.165) is 44.0 Å². The number of benzene rings is 2. The van der Waals surface area contributed by atoms with Crippen LogP contribution in [0.1, 0.15) is 11.1 Å². The molecule has 1 aliphatic rings. The number of hydrogen-bond donors (Lipinski definition) is 1. The van der Waals surface area contributed by atoms with Gasteiger partial charge in [-0.15, -0.1) is 0 Å². The van der Waals surface area contributed by atoms with Crippen LogP contribution in [0.3, 0.4) is 0 Å². The van der Waals surface area contributed by atoms with Crippen LogP contribution in [0.25, 0.3) is 0 Å². The fraction of sp³-hybridized carbons (Fsp3) is 0.350. The zero-order valence-electron chi connectivity index (χ0n) is 15.4. The monoisotopic (exact) mass is 422 g/mol. The fourth-order valence-corrected chi connectivity index (χ4v) is 4.30. The Morgan fingerprint density at radius 1 is 1.07 bits per heavy atom. The number of sulfone groups is 1. The summed E-state index contributed by atoms with van der Waals surface area (Å²) in [5.41, 5.74) is 2.09. The zero-order valence-corrected chi connectivity index (χ0v) is 17.0. The number of ether oxygens (including phenoxy) is 1. The molecule has 0 radical (unpaired) electrons. The summed E-state index contributed by atoms with van der Waals surface area (Å²) in [5, 5.41) is 3.13. The molecule has 0 saturated carbocycles. The summed E-state index contributed by atoms with van der Waals surface area (Å²) in [7, 11) is -3.70. The minimum absolute atomic E-state index is 0.0829. The normalized spacial score (nSPS) is 15.3. The third-order valence-electron chi connectivity index (χ3n) is 4.48. The molecular formula is C20H23ClN2O4S. The van der Waals surface area contributed by atoms with Crippen molar-refractivity contribution in [2.75, 3.05) is 32.1 Å². The van der Waals surface area contributed by atoms with Crippen molar-refractivity contribution in [1.29, 1.82) is 0 Å². The Morgan fingerprint density at radius 3 is 2.46 bits per heavy atom. The van der Waals surface area contributed by atoms with Crippen LogP contribution in [0, 0.1) is 0 Å². The van der Waals surface area contributed by atoms with E-state index < -0.39 is 21.5 Å². The molecule has 1 saturated heterocycles. The van der Waals surface area contributed by atoms with Gasteiger partial charge in [-0.2, -0.15) is 0 Å². The maximum absolute atomic E-state index is 12.3. The SMILES string of the molecule is O=C(CS(=O)(=O)c1ccc(Cl)cc1)NCc1cccc(CN2CCOCC2)c1. The Morgan fingerprint density at radius 2 is 1.75 bits per heavy atom. The number of rotatable bonds is 7. The average Bonchev–Trinajstić information content (AvgIpc) is 2.67. The van der Waals surface area contributed by atoms with E-state index in [1.165, 1.54) is 24.3 Å². The van der Waals surface area contributed by atoms with E-state index in [9.17, 15) is 13.2 Å². The number of nitrogens with one attached hydrogen (secondary N) is 1. The topological polar surface area (TPSA) is 75.7 Å². The first kappa shape index (κ1) is 20.8. The second kappa shape index (κ2) is 9.52. The van der Waals surface area contributed by atoms with Gasteiger partial charge in [-0.25, -0.2) is 8.42 Å². The Balaban J connectivity index is 1.54. The zero-order chi connectivity index (χ0) is 20.0. The van der Waals surface area contributed by atoms with Crippen LogP contribution in [0.2, 0.25) is 5.02 Å². The van der Waals surface area contributed by atoms with Gasteiger partial charge in [0.25, 0.3) is 0 Å². The molecule has 2 aromatic rings. The van der Waals surface area contributed by atoms with Crippen LogP contribution in [0.5, 0.6) is 0 Å². The molecule has 1 aliphatic heterocycles. The van der Waals surface area contributed by atoms with E-state index >= 15 is 0 Å². The van der Waals surface area contributed by atoms with E-state index in [-0.39, 0.29) is 11.4 Å². The molecule has 1 fully saturated rings. The molecule has 1 N–H and O–H groups in total. The van der Waals surface area contributed by atoms with Gasteiger partial charge in [-0.3, -0.25) is 9.69 Å². The van der Waals surface area contributed by atoms with Crippen LogP contribution in [0.4, 0.5) is 0 Å². The fourth-order valence-electron chi connectivity index (χ4n) is 3.00. The Hall–Kier alpha value is -1.93. The summed E-state index contributed by atoms with van der Waals surface area (Å²) < 4.78 is 30.0. The molecule has 8 heteroatoms. The molecule has 0 spiro atoms. The summed E-state index contributed by atoms with van der Waals surface area (Å²) in [6.45, 7) is 4.42. The van der Waals surface area contributed by atoms with E-state index in [0.29, 0.717) is 5.02 Å². The molecular weight excluding hydrogens is 400 g/mol. The quantitative estimate of drug-likeness (QED) is 0.740. The second-order valence-electron chi connectivity index (χ2n) is 6.70. The van der Waals surface area contributed by atoms with Crippen LogP contribution in [0.15, 0.2) is 53.4 Å². The number of nitrogens with zero attached hydrogens (tertiary/aromatic N) is 1. The minimum Gasteiger partial charge on any atom is -0.379 e. The smallest absolute Gasteiger partial charge is 0.235 e. The lowest BCUT2D eigenvalue weighted by Gasteiger charge is -2.26. The van der Waals surface area contributed by atoms with Gasteiger partial charge in [0.15, 0.2) is 9.84 Å². The maximum atomic E-state index is 12.3.